The van der Waals surface area contributed by atoms with Crippen molar-refractivity contribution in [3.63, 3.8) is 0 Å². The Balaban J connectivity index is 3.14. The van der Waals surface area contributed by atoms with Crippen LogP contribution in [0.4, 0.5) is 13.2 Å². The molecule has 1 rings (SSSR count). The minimum absolute atomic E-state index is 0.108. The fourth-order valence-electron chi connectivity index (χ4n) is 1.23. The minimum Gasteiger partial charge on any atom is -0.494 e. The van der Waals surface area contributed by atoms with Crippen LogP contribution in [0.2, 0.25) is 5.02 Å². The van der Waals surface area contributed by atoms with Crippen LogP contribution in [-0.2, 0) is 0 Å². The van der Waals surface area contributed by atoms with E-state index >= 15 is 0 Å². The maximum atomic E-state index is 12.5. The number of hydrogen-bond acceptors (Lipinski definition) is 2. The van der Waals surface area contributed by atoms with Gasteiger partial charge in [-0.15, -0.1) is 0 Å². The van der Waals surface area contributed by atoms with E-state index in [2.05, 4.69) is 0 Å². The topological polar surface area (TPSA) is 35.2 Å². The first-order valence-electron chi connectivity index (χ1n) is 4.60. The Morgan fingerprint density at radius 1 is 1.44 bits per heavy atom. The Bertz CT molecular complexity index is 368. The lowest BCUT2D eigenvalue weighted by Gasteiger charge is -2.19. The first-order chi connectivity index (χ1) is 7.36. The Morgan fingerprint density at radius 2 is 2.06 bits per heavy atom. The van der Waals surface area contributed by atoms with E-state index in [1.54, 1.807) is 6.92 Å². The van der Waals surface area contributed by atoms with Crippen LogP contribution >= 0.6 is 11.6 Å². The standard InChI is InChI=1S/C10H11ClF3NO/c1-2-16-8-4-3-6(11)5-7(8)9(15)10(12,13)14/h3-5,9H,2,15H2,1H3. The SMILES string of the molecule is CCOc1ccc(Cl)cc1C(N)C(F)(F)F. The average Bonchev–Trinajstić information content (AvgIpc) is 2.18. The predicted octanol–water partition coefficient (Wildman–Crippen LogP) is 3.30. The summed E-state index contributed by atoms with van der Waals surface area (Å²) in [6.45, 7) is 1.94. The van der Waals surface area contributed by atoms with Gasteiger partial charge >= 0.3 is 6.18 Å². The summed E-state index contributed by atoms with van der Waals surface area (Å²) >= 11 is 5.63. The zero-order valence-corrected chi connectivity index (χ0v) is 9.27. The maximum Gasteiger partial charge on any atom is 0.407 e. The fraction of sp³-hybridized carbons (Fsp3) is 0.400. The number of alkyl halides is 3. The summed E-state index contributed by atoms with van der Waals surface area (Å²) in [7, 11) is 0. The molecule has 0 radical (unpaired) electrons. The second-order valence-corrected chi connectivity index (χ2v) is 3.57. The molecule has 0 heterocycles. The molecule has 16 heavy (non-hydrogen) atoms. The van der Waals surface area contributed by atoms with Gasteiger partial charge in [-0.3, -0.25) is 0 Å². The lowest BCUT2D eigenvalue weighted by molar-refractivity contribution is -0.149. The first-order valence-corrected chi connectivity index (χ1v) is 4.98. The van der Waals surface area contributed by atoms with E-state index in [1.807, 2.05) is 0 Å². The molecule has 1 unspecified atom stereocenters. The van der Waals surface area contributed by atoms with E-state index in [4.69, 9.17) is 22.1 Å². The summed E-state index contributed by atoms with van der Waals surface area (Å²) in [6, 6.07) is 1.92. The van der Waals surface area contributed by atoms with Crippen molar-refractivity contribution in [2.24, 2.45) is 5.73 Å². The van der Waals surface area contributed by atoms with Gasteiger partial charge in [0.05, 0.1) is 6.61 Å². The molecule has 0 aliphatic rings. The van der Waals surface area contributed by atoms with Crippen LogP contribution in [0.15, 0.2) is 18.2 Å². The molecule has 0 spiro atoms. The Hall–Kier alpha value is -0.940. The molecule has 2 nitrogen and oxygen atoms in total. The van der Waals surface area contributed by atoms with Gasteiger partial charge in [0.25, 0.3) is 0 Å². The van der Waals surface area contributed by atoms with Gasteiger partial charge in [-0.2, -0.15) is 13.2 Å². The number of benzene rings is 1. The van der Waals surface area contributed by atoms with Gasteiger partial charge < -0.3 is 10.5 Å². The summed E-state index contributed by atoms with van der Waals surface area (Å²) in [5.74, 6) is 0.108. The highest BCUT2D eigenvalue weighted by molar-refractivity contribution is 6.30. The lowest BCUT2D eigenvalue weighted by atomic mass is 10.1. The van der Waals surface area contributed by atoms with Crippen LogP contribution in [0.3, 0.4) is 0 Å². The third kappa shape index (κ3) is 3.02. The van der Waals surface area contributed by atoms with Crippen LogP contribution in [0.1, 0.15) is 18.5 Å². The predicted molar refractivity (Wildman–Crippen MR) is 55.6 cm³/mol. The van der Waals surface area contributed by atoms with Crippen LogP contribution in [0.5, 0.6) is 5.75 Å². The van der Waals surface area contributed by atoms with E-state index in [9.17, 15) is 13.2 Å². The molecule has 0 amide bonds. The monoisotopic (exact) mass is 253 g/mol. The van der Waals surface area contributed by atoms with E-state index in [0.29, 0.717) is 0 Å². The minimum atomic E-state index is -4.52. The number of ether oxygens (including phenoxy) is 1. The van der Waals surface area contributed by atoms with Gasteiger partial charge in [0.15, 0.2) is 0 Å². The van der Waals surface area contributed by atoms with Crippen LogP contribution in [-0.4, -0.2) is 12.8 Å². The molecule has 0 fully saturated rings. The molecule has 1 atom stereocenters. The number of hydrogen-bond donors (Lipinski definition) is 1. The number of rotatable bonds is 3. The van der Waals surface area contributed by atoms with Crippen molar-refractivity contribution in [1.29, 1.82) is 0 Å². The average molecular weight is 254 g/mol. The molecule has 0 bridgehead atoms. The maximum absolute atomic E-state index is 12.5. The summed E-state index contributed by atoms with van der Waals surface area (Å²) in [4.78, 5) is 0. The highest BCUT2D eigenvalue weighted by Crippen LogP contribution is 2.36. The summed E-state index contributed by atoms with van der Waals surface area (Å²) in [5.41, 5.74) is 4.96. The van der Waals surface area contributed by atoms with Crippen molar-refractivity contribution in [3.8, 4) is 5.75 Å². The lowest BCUT2D eigenvalue weighted by Crippen LogP contribution is -2.28. The molecule has 0 saturated heterocycles. The zero-order valence-electron chi connectivity index (χ0n) is 8.51. The van der Waals surface area contributed by atoms with Gasteiger partial charge in [-0.1, -0.05) is 11.6 Å². The van der Waals surface area contributed by atoms with Crippen LogP contribution in [0, 0.1) is 0 Å². The highest BCUT2D eigenvalue weighted by Gasteiger charge is 2.39. The second-order valence-electron chi connectivity index (χ2n) is 3.13. The third-order valence-corrected chi connectivity index (χ3v) is 2.19. The number of halogens is 4. The Morgan fingerprint density at radius 3 is 2.56 bits per heavy atom. The van der Waals surface area contributed by atoms with Crippen LogP contribution in [0.25, 0.3) is 0 Å². The summed E-state index contributed by atoms with van der Waals surface area (Å²) in [5, 5.41) is 0.193. The second kappa shape index (κ2) is 4.93. The fourth-order valence-corrected chi connectivity index (χ4v) is 1.41. The van der Waals surface area contributed by atoms with Gasteiger partial charge in [0.1, 0.15) is 11.8 Å². The molecule has 0 aromatic heterocycles. The molecule has 2 N–H and O–H groups in total. The smallest absolute Gasteiger partial charge is 0.407 e. The molecule has 0 aliphatic carbocycles. The Labute approximate surface area is 96.1 Å². The molecule has 0 aliphatic heterocycles. The van der Waals surface area contributed by atoms with E-state index in [0.717, 1.165) is 0 Å². The number of nitrogens with two attached hydrogens (primary N) is 1. The van der Waals surface area contributed by atoms with E-state index in [-0.39, 0.29) is 22.9 Å². The highest BCUT2D eigenvalue weighted by atomic mass is 35.5. The first kappa shape index (κ1) is 13.1. The van der Waals surface area contributed by atoms with Gasteiger partial charge in [0, 0.05) is 10.6 Å². The van der Waals surface area contributed by atoms with Crippen molar-refractivity contribution in [1.82, 2.24) is 0 Å². The van der Waals surface area contributed by atoms with Crippen molar-refractivity contribution in [3.05, 3.63) is 28.8 Å². The molecular weight excluding hydrogens is 243 g/mol. The largest absolute Gasteiger partial charge is 0.494 e. The normalized spacial score (nSPS) is 13.6. The molecule has 1 aromatic rings. The van der Waals surface area contributed by atoms with Crippen molar-refractivity contribution in [2.45, 2.75) is 19.1 Å². The Kier molecular flexibility index (Phi) is 4.04. The zero-order chi connectivity index (χ0) is 12.3. The molecular formula is C10H11ClF3NO. The van der Waals surface area contributed by atoms with Gasteiger partial charge in [-0.25, -0.2) is 0 Å². The summed E-state index contributed by atoms with van der Waals surface area (Å²) < 4.78 is 42.5. The molecule has 6 heteroatoms. The third-order valence-electron chi connectivity index (χ3n) is 1.96. The van der Waals surface area contributed by atoms with E-state index in [1.165, 1.54) is 18.2 Å². The van der Waals surface area contributed by atoms with Crippen molar-refractivity contribution >= 4 is 11.6 Å². The molecule has 1 aromatic carbocycles. The summed E-state index contributed by atoms with van der Waals surface area (Å²) in [6.07, 6.45) is -4.52. The van der Waals surface area contributed by atoms with E-state index < -0.39 is 12.2 Å². The van der Waals surface area contributed by atoms with Crippen LogP contribution < -0.4 is 10.5 Å². The van der Waals surface area contributed by atoms with Gasteiger partial charge in [0.2, 0.25) is 0 Å². The van der Waals surface area contributed by atoms with Crippen molar-refractivity contribution < 1.29 is 17.9 Å². The van der Waals surface area contributed by atoms with Crippen molar-refractivity contribution in [2.75, 3.05) is 6.61 Å². The molecule has 90 valence electrons. The quantitative estimate of drug-likeness (QED) is 0.897. The van der Waals surface area contributed by atoms with Gasteiger partial charge in [-0.05, 0) is 25.1 Å². The molecule has 0 saturated carbocycles.